The Balaban J connectivity index is 0.00000280. The van der Waals surface area contributed by atoms with Crippen LogP contribution in [0.1, 0.15) is 39.0 Å². The fourth-order valence-corrected chi connectivity index (χ4v) is 4.16. The molecule has 0 spiro atoms. The fourth-order valence-electron chi connectivity index (χ4n) is 3.92. The molecule has 2 aliphatic rings. The molecule has 6 nitrogen and oxygen atoms in total. The fraction of sp³-hybridized carbons (Fsp3) is 0.700. The molecule has 0 radical (unpaired) electrons. The van der Waals surface area contributed by atoms with Crippen molar-refractivity contribution >= 4 is 47.4 Å². The molecule has 2 N–H and O–H groups in total. The van der Waals surface area contributed by atoms with Crippen LogP contribution in [0.25, 0.3) is 0 Å². The number of methoxy groups -OCH3 is 1. The van der Waals surface area contributed by atoms with Crippen LogP contribution in [0.5, 0.6) is 0 Å². The third-order valence-corrected chi connectivity index (χ3v) is 6.03. The van der Waals surface area contributed by atoms with E-state index in [1.807, 2.05) is 12.1 Å². The third kappa shape index (κ3) is 6.10. The Bertz CT molecular complexity index is 641. The zero-order valence-corrected chi connectivity index (χ0v) is 20.0. The summed E-state index contributed by atoms with van der Waals surface area (Å²) in [5, 5.41) is 7.72. The summed E-state index contributed by atoms with van der Waals surface area (Å²) in [4.78, 5) is 11.6. The lowest BCUT2D eigenvalue weighted by Gasteiger charge is -2.41. The molecule has 8 heteroatoms. The highest BCUT2D eigenvalue weighted by Gasteiger charge is 2.36. The van der Waals surface area contributed by atoms with E-state index in [2.05, 4.69) is 27.4 Å². The van der Waals surface area contributed by atoms with Gasteiger partial charge in [0.15, 0.2) is 5.96 Å². The molecule has 0 amide bonds. The molecule has 3 rings (SSSR count). The molecule has 1 atom stereocenters. The first-order chi connectivity index (χ1) is 13.2. The Labute approximate surface area is 190 Å². The quantitative estimate of drug-likeness (QED) is 0.310. The SMILES string of the molecule is CCNC(=NCC1(CCOC)CCC1)NC1CCN(c2ncccc2Cl)C1.I. The van der Waals surface area contributed by atoms with Gasteiger partial charge in [-0.3, -0.25) is 4.99 Å². The van der Waals surface area contributed by atoms with Gasteiger partial charge >= 0.3 is 0 Å². The van der Waals surface area contributed by atoms with Gasteiger partial charge in [0.05, 0.1) is 5.02 Å². The topological polar surface area (TPSA) is 61.8 Å². The monoisotopic (exact) mass is 521 g/mol. The second-order valence-electron chi connectivity index (χ2n) is 7.68. The smallest absolute Gasteiger partial charge is 0.191 e. The van der Waals surface area contributed by atoms with Crippen LogP contribution < -0.4 is 15.5 Å². The van der Waals surface area contributed by atoms with Crippen molar-refractivity contribution in [1.29, 1.82) is 0 Å². The summed E-state index contributed by atoms with van der Waals surface area (Å²) in [6.45, 7) is 6.49. The Hall–Kier alpha value is -0.800. The van der Waals surface area contributed by atoms with Gasteiger partial charge in [0, 0.05) is 52.1 Å². The normalized spacial score (nSPS) is 21.0. The van der Waals surface area contributed by atoms with Gasteiger partial charge in [-0.2, -0.15) is 0 Å². The van der Waals surface area contributed by atoms with Crippen molar-refractivity contribution in [1.82, 2.24) is 15.6 Å². The molecule has 2 heterocycles. The summed E-state index contributed by atoms with van der Waals surface area (Å²) in [5.74, 6) is 1.79. The molecule has 1 aromatic heterocycles. The molecule has 0 bridgehead atoms. The lowest BCUT2D eigenvalue weighted by atomic mass is 9.67. The number of nitrogens with zero attached hydrogens (tertiary/aromatic N) is 3. The predicted molar refractivity (Wildman–Crippen MR) is 127 cm³/mol. The minimum Gasteiger partial charge on any atom is -0.385 e. The summed E-state index contributed by atoms with van der Waals surface area (Å²) >= 11 is 6.30. The number of rotatable bonds is 8. The summed E-state index contributed by atoms with van der Waals surface area (Å²) in [5.41, 5.74) is 0.335. The number of halogens is 2. The predicted octanol–water partition coefficient (Wildman–Crippen LogP) is 3.69. The number of anilines is 1. The van der Waals surface area contributed by atoms with Crippen molar-refractivity contribution in [2.45, 2.75) is 45.1 Å². The van der Waals surface area contributed by atoms with Crippen LogP contribution in [-0.4, -0.2) is 56.9 Å². The van der Waals surface area contributed by atoms with Crippen LogP contribution in [0.2, 0.25) is 5.02 Å². The second kappa shape index (κ2) is 11.4. The first kappa shape index (κ1) is 23.5. The van der Waals surface area contributed by atoms with E-state index in [0.29, 0.717) is 16.5 Å². The van der Waals surface area contributed by atoms with Crippen molar-refractivity contribution in [3.05, 3.63) is 23.4 Å². The average molecular weight is 522 g/mol. The van der Waals surface area contributed by atoms with Gasteiger partial charge in [-0.25, -0.2) is 4.98 Å². The molecule has 1 aromatic rings. The van der Waals surface area contributed by atoms with Crippen molar-refractivity contribution in [2.75, 3.05) is 44.8 Å². The average Bonchev–Trinajstić information content (AvgIpc) is 3.09. The first-order valence-corrected chi connectivity index (χ1v) is 10.4. The van der Waals surface area contributed by atoms with E-state index in [4.69, 9.17) is 21.3 Å². The Morgan fingerprint density at radius 2 is 2.29 bits per heavy atom. The number of nitrogens with one attached hydrogen (secondary N) is 2. The summed E-state index contributed by atoms with van der Waals surface area (Å²) in [6, 6.07) is 4.11. The highest BCUT2D eigenvalue weighted by atomic mass is 127. The molecule has 1 saturated heterocycles. The van der Waals surface area contributed by atoms with Gasteiger partial charge in [0.25, 0.3) is 0 Å². The van der Waals surface area contributed by atoms with Crippen LogP contribution >= 0.6 is 35.6 Å². The van der Waals surface area contributed by atoms with E-state index in [-0.39, 0.29) is 24.0 Å². The van der Waals surface area contributed by atoms with Crippen LogP contribution in [0, 0.1) is 5.41 Å². The van der Waals surface area contributed by atoms with E-state index >= 15 is 0 Å². The molecule has 1 aliphatic carbocycles. The van der Waals surface area contributed by atoms with Gasteiger partial charge in [-0.05, 0) is 50.2 Å². The minimum absolute atomic E-state index is 0. The zero-order valence-electron chi connectivity index (χ0n) is 16.9. The number of ether oxygens (including phenoxy) is 1. The molecular formula is C20H33ClIN5O. The van der Waals surface area contributed by atoms with Crippen molar-refractivity contribution in [3.8, 4) is 0 Å². The third-order valence-electron chi connectivity index (χ3n) is 5.74. The summed E-state index contributed by atoms with van der Waals surface area (Å²) in [7, 11) is 1.78. The van der Waals surface area contributed by atoms with E-state index in [9.17, 15) is 0 Å². The van der Waals surface area contributed by atoms with Gasteiger partial charge < -0.3 is 20.3 Å². The maximum atomic E-state index is 6.30. The van der Waals surface area contributed by atoms with E-state index in [0.717, 1.165) is 57.4 Å². The molecule has 1 aliphatic heterocycles. The van der Waals surface area contributed by atoms with E-state index in [1.165, 1.54) is 19.3 Å². The van der Waals surface area contributed by atoms with Crippen LogP contribution in [0.3, 0.4) is 0 Å². The lowest BCUT2D eigenvalue weighted by Crippen LogP contribution is -2.45. The largest absolute Gasteiger partial charge is 0.385 e. The van der Waals surface area contributed by atoms with Gasteiger partial charge in [-0.1, -0.05) is 18.0 Å². The van der Waals surface area contributed by atoms with Crippen molar-refractivity contribution in [2.24, 2.45) is 10.4 Å². The highest BCUT2D eigenvalue weighted by molar-refractivity contribution is 14.0. The van der Waals surface area contributed by atoms with E-state index in [1.54, 1.807) is 13.3 Å². The number of aliphatic imine (C=N–C) groups is 1. The lowest BCUT2D eigenvalue weighted by molar-refractivity contribution is 0.0778. The Morgan fingerprint density at radius 3 is 2.93 bits per heavy atom. The Kier molecular flexibility index (Phi) is 9.56. The maximum Gasteiger partial charge on any atom is 0.191 e. The summed E-state index contributed by atoms with van der Waals surface area (Å²) in [6.07, 6.45) is 7.77. The highest BCUT2D eigenvalue weighted by Crippen LogP contribution is 2.44. The van der Waals surface area contributed by atoms with Crippen LogP contribution in [0.4, 0.5) is 5.82 Å². The summed E-state index contributed by atoms with van der Waals surface area (Å²) < 4.78 is 5.30. The molecule has 0 aromatic carbocycles. The zero-order chi connectivity index (χ0) is 19.1. The molecule has 28 heavy (non-hydrogen) atoms. The van der Waals surface area contributed by atoms with Gasteiger partial charge in [0.2, 0.25) is 0 Å². The van der Waals surface area contributed by atoms with E-state index < -0.39 is 0 Å². The number of guanidine groups is 1. The molecule has 1 unspecified atom stereocenters. The second-order valence-corrected chi connectivity index (χ2v) is 8.08. The van der Waals surface area contributed by atoms with Crippen molar-refractivity contribution in [3.63, 3.8) is 0 Å². The molecule has 158 valence electrons. The molecule has 2 fully saturated rings. The Morgan fingerprint density at radius 1 is 1.46 bits per heavy atom. The number of pyridine rings is 1. The first-order valence-electron chi connectivity index (χ1n) is 10.0. The van der Waals surface area contributed by atoms with Crippen LogP contribution in [-0.2, 0) is 4.74 Å². The minimum atomic E-state index is 0. The number of hydrogen-bond acceptors (Lipinski definition) is 4. The van der Waals surface area contributed by atoms with Crippen LogP contribution in [0.15, 0.2) is 23.3 Å². The van der Waals surface area contributed by atoms with Gasteiger partial charge in [-0.15, -0.1) is 24.0 Å². The maximum absolute atomic E-state index is 6.30. The number of aromatic nitrogens is 1. The molecule has 1 saturated carbocycles. The molecular weight excluding hydrogens is 489 g/mol. The number of hydrogen-bond donors (Lipinski definition) is 2. The van der Waals surface area contributed by atoms with Crippen molar-refractivity contribution < 1.29 is 4.74 Å². The standard InChI is InChI=1S/C20H32ClN5O.HI/c1-3-22-19(24-15-20(8-5-9-20)10-13-27-2)25-16-7-12-26(14-16)18-17(21)6-4-11-23-18;/h4,6,11,16H,3,5,7-10,12-15H2,1-2H3,(H2,22,24,25);1H. The van der Waals surface area contributed by atoms with Gasteiger partial charge in [0.1, 0.15) is 5.82 Å².